The molecule has 0 radical (unpaired) electrons. The maximum Gasteiger partial charge on any atom is 0.240 e. The molecule has 9 heteroatoms. The first kappa shape index (κ1) is 19.6. The van der Waals surface area contributed by atoms with Gasteiger partial charge in [0.1, 0.15) is 11.5 Å². The van der Waals surface area contributed by atoms with Crippen molar-refractivity contribution in [2.75, 3.05) is 0 Å². The Balaban J connectivity index is 1.55. The minimum atomic E-state index is -3.64. The number of allylic oxidation sites excluding steroid dienone is 5. The average molecular weight is 411 g/mol. The molecule has 27 heavy (non-hydrogen) atoms. The molecule has 7 nitrogen and oxygen atoms in total. The number of hydrogen-bond donors (Lipinski definition) is 1. The van der Waals surface area contributed by atoms with Gasteiger partial charge in [0.15, 0.2) is 0 Å². The lowest BCUT2D eigenvalue weighted by atomic mass is 10.1. The molecule has 0 saturated carbocycles. The molecule has 0 aromatic heterocycles. The van der Waals surface area contributed by atoms with Crippen molar-refractivity contribution in [2.24, 2.45) is 0 Å². The summed E-state index contributed by atoms with van der Waals surface area (Å²) in [5, 5.41) is 10.4. The molecule has 0 amide bonds. The fourth-order valence-electron chi connectivity index (χ4n) is 2.78. The molecule has 3 unspecified atom stereocenters. The van der Waals surface area contributed by atoms with Crippen LogP contribution in [0.2, 0.25) is 0 Å². The van der Waals surface area contributed by atoms with Crippen LogP contribution in [0.1, 0.15) is 19.3 Å². The van der Waals surface area contributed by atoms with Gasteiger partial charge in [-0.25, -0.2) is 13.1 Å². The number of nitro groups is 1. The van der Waals surface area contributed by atoms with E-state index in [2.05, 4.69) is 4.72 Å². The molecule has 144 valence electrons. The molecule has 0 fully saturated rings. The highest BCUT2D eigenvalue weighted by Crippen LogP contribution is 2.23. The largest absolute Gasteiger partial charge is 0.458 e. The van der Waals surface area contributed by atoms with Crippen molar-refractivity contribution in [3.63, 3.8) is 0 Å². The number of ether oxygens (including phenoxy) is 1. The van der Waals surface area contributed by atoms with Gasteiger partial charge < -0.3 is 4.74 Å². The molecule has 0 aromatic carbocycles. The van der Waals surface area contributed by atoms with E-state index in [-0.39, 0.29) is 27.7 Å². The number of sulfonamides is 1. The Morgan fingerprint density at radius 2 is 1.81 bits per heavy atom. The Labute approximate surface area is 162 Å². The Kier molecular flexibility index (Phi) is 5.98. The van der Waals surface area contributed by atoms with Crippen LogP contribution in [0.5, 0.6) is 0 Å². The van der Waals surface area contributed by atoms with Crippen LogP contribution in [0.3, 0.4) is 0 Å². The monoisotopic (exact) mass is 410 g/mol. The number of rotatable bonds is 6. The first-order chi connectivity index (χ1) is 12.8. The molecule has 0 aromatic rings. The second-order valence-corrected chi connectivity index (χ2v) is 8.58. The summed E-state index contributed by atoms with van der Waals surface area (Å²) in [6.45, 7) is 0. The van der Waals surface area contributed by atoms with Gasteiger partial charge in [-0.3, -0.25) is 10.1 Å². The third-order valence-electron chi connectivity index (χ3n) is 4.22. The lowest BCUT2D eigenvalue weighted by Crippen LogP contribution is -2.35. The van der Waals surface area contributed by atoms with Crippen LogP contribution < -0.4 is 4.72 Å². The normalized spacial score (nSPS) is 27.6. The number of alkyl halides is 1. The zero-order chi connectivity index (χ0) is 19.4. The highest BCUT2D eigenvalue weighted by atomic mass is 35.5. The van der Waals surface area contributed by atoms with Gasteiger partial charge in [0, 0.05) is 17.4 Å². The van der Waals surface area contributed by atoms with Gasteiger partial charge in [-0.15, -0.1) is 11.6 Å². The SMILES string of the molecule is O=[N+]([O-])C1C=CC(OC2=CCC(NS(=O)(=O)C3=CC(Cl)CC=C3)C=C2)=CC1. The molecular weight excluding hydrogens is 392 g/mol. The molecule has 3 aliphatic carbocycles. The molecule has 0 aliphatic heterocycles. The fourth-order valence-corrected chi connectivity index (χ4v) is 4.43. The minimum Gasteiger partial charge on any atom is -0.458 e. The zero-order valence-electron chi connectivity index (χ0n) is 14.3. The predicted molar refractivity (Wildman–Crippen MR) is 103 cm³/mol. The van der Waals surface area contributed by atoms with Crippen molar-refractivity contribution >= 4 is 21.6 Å². The van der Waals surface area contributed by atoms with Crippen LogP contribution in [0.4, 0.5) is 0 Å². The third kappa shape index (κ3) is 5.18. The van der Waals surface area contributed by atoms with E-state index >= 15 is 0 Å². The van der Waals surface area contributed by atoms with Gasteiger partial charge in [0.2, 0.25) is 16.1 Å². The highest BCUT2D eigenvalue weighted by molar-refractivity contribution is 7.93. The smallest absolute Gasteiger partial charge is 0.240 e. The maximum absolute atomic E-state index is 12.4. The summed E-state index contributed by atoms with van der Waals surface area (Å²) in [7, 11) is -3.64. The standard InChI is InChI=1S/C18H19ClN2O5S/c19-13-2-1-3-18(12-13)27(24,25)20-14-4-8-16(9-5-14)26-17-10-6-15(7-11-17)21(22)23/h1,3-4,6,8-15,20H,2,5,7H2. The number of hydrogen-bond acceptors (Lipinski definition) is 5. The molecule has 0 bridgehead atoms. The van der Waals surface area contributed by atoms with E-state index in [0.717, 1.165) is 0 Å². The van der Waals surface area contributed by atoms with Crippen molar-refractivity contribution in [1.29, 1.82) is 0 Å². The van der Waals surface area contributed by atoms with E-state index in [9.17, 15) is 18.5 Å². The summed E-state index contributed by atoms with van der Waals surface area (Å²) in [4.78, 5) is 10.6. The maximum atomic E-state index is 12.4. The molecule has 3 atom stereocenters. The van der Waals surface area contributed by atoms with Crippen molar-refractivity contribution in [3.05, 3.63) is 81.2 Å². The van der Waals surface area contributed by atoms with Gasteiger partial charge in [0.25, 0.3) is 0 Å². The highest BCUT2D eigenvalue weighted by Gasteiger charge is 2.23. The first-order valence-corrected chi connectivity index (χ1v) is 10.4. The van der Waals surface area contributed by atoms with Crippen molar-refractivity contribution in [1.82, 2.24) is 4.72 Å². The Morgan fingerprint density at radius 1 is 1.11 bits per heavy atom. The molecule has 1 N–H and O–H groups in total. The first-order valence-electron chi connectivity index (χ1n) is 8.46. The Bertz CT molecular complexity index is 899. The second-order valence-electron chi connectivity index (χ2n) is 6.31. The summed E-state index contributed by atoms with van der Waals surface area (Å²) in [6.07, 6.45) is 16.1. The lowest BCUT2D eigenvalue weighted by molar-refractivity contribution is -0.508. The lowest BCUT2D eigenvalue weighted by Gasteiger charge is -2.20. The molecule has 0 spiro atoms. The number of halogens is 1. The van der Waals surface area contributed by atoms with Crippen molar-refractivity contribution in [2.45, 2.75) is 36.7 Å². The van der Waals surface area contributed by atoms with Crippen LogP contribution in [-0.4, -0.2) is 30.8 Å². The summed E-state index contributed by atoms with van der Waals surface area (Å²) < 4.78 is 33.2. The topological polar surface area (TPSA) is 98.5 Å². The van der Waals surface area contributed by atoms with E-state index in [4.69, 9.17) is 16.3 Å². The van der Waals surface area contributed by atoms with E-state index in [1.165, 1.54) is 12.2 Å². The van der Waals surface area contributed by atoms with Crippen molar-refractivity contribution in [3.8, 4) is 0 Å². The molecule has 3 aliphatic rings. The quantitative estimate of drug-likeness (QED) is 0.412. The van der Waals surface area contributed by atoms with Gasteiger partial charge in [-0.05, 0) is 55.4 Å². The van der Waals surface area contributed by atoms with Crippen LogP contribution in [0, 0.1) is 10.1 Å². The van der Waals surface area contributed by atoms with E-state index < -0.39 is 16.1 Å². The van der Waals surface area contributed by atoms with Gasteiger partial charge in [0.05, 0.1) is 10.3 Å². The van der Waals surface area contributed by atoms with Gasteiger partial charge in [-0.1, -0.05) is 12.2 Å². The van der Waals surface area contributed by atoms with E-state index in [1.54, 1.807) is 42.5 Å². The van der Waals surface area contributed by atoms with Gasteiger partial charge >= 0.3 is 0 Å². The molecular formula is C18H19ClN2O5S. The Hall–Kier alpha value is -2.16. The van der Waals surface area contributed by atoms with E-state index in [0.29, 0.717) is 24.4 Å². The number of nitrogens with one attached hydrogen (secondary N) is 1. The summed E-state index contributed by atoms with van der Waals surface area (Å²) in [6, 6.07) is -1.11. The molecule has 3 rings (SSSR count). The van der Waals surface area contributed by atoms with Crippen LogP contribution in [0.25, 0.3) is 0 Å². The van der Waals surface area contributed by atoms with Crippen molar-refractivity contribution < 1.29 is 18.1 Å². The third-order valence-corrected chi connectivity index (χ3v) is 6.03. The zero-order valence-corrected chi connectivity index (χ0v) is 15.9. The predicted octanol–water partition coefficient (Wildman–Crippen LogP) is 3.08. The molecule has 0 saturated heterocycles. The fraction of sp³-hybridized carbons (Fsp3) is 0.333. The van der Waals surface area contributed by atoms with Crippen LogP contribution in [-0.2, 0) is 14.8 Å². The van der Waals surface area contributed by atoms with Gasteiger partial charge in [-0.2, -0.15) is 0 Å². The second kappa shape index (κ2) is 8.24. The minimum absolute atomic E-state index is 0.172. The Morgan fingerprint density at radius 3 is 2.37 bits per heavy atom. The summed E-state index contributed by atoms with van der Waals surface area (Å²) in [5.74, 6) is 1.10. The number of nitrogens with zero attached hydrogens (tertiary/aromatic N) is 1. The summed E-state index contributed by atoms with van der Waals surface area (Å²) >= 11 is 5.99. The van der Waals surface area contributed by atoms with E-state index in [1.807, 2.05) is 0 Å². The van der Waals surface area contributed by atoms with Crippen LogP contribution >= 0.6 is 11.6 Å². The molecule has 0 heterocycles. The summed E-state index contributed by atoms with van der Waals surface area (Å²) in [5.41, 5.74) is 0. The average Bonchev–Trinajstić information content (AvgIpc) is 2.63. The van der Waals surface area contributed by atoms with Crippen LogP contribution in [0.15, 0.2) is 71.1 Å².